The van der Waals surface area contributed by atoms with Crippen LogP contribution in [-0.2, 0) is 22.6 Å². The zero-order chi connectivity index (χ0) is 22.4. The maximum Gasteiger partial charge on any atom is 0.233 e. The van der Waals surface area contributed by atoms with Crippen molar-refractivity contribution in [2.24, 2.45) is 0 Å². The summed E-state index contributed by atoms with van der Waals surface area (Å²) < 4.78 is 1.91. The van der Waals surface area contributed by atoms with E-state index in [0.29, 0.717) is 17.5 Å². The van der Waals surface area contributed by atoms with Crippen molar-refractivity contribution >= 4 is 29.3 Å². The molecule has 168 valence electrons. The Bertz CT molecular complexity index is 900. The molecule has 31 heavy (non-hydrogen) atoms. The van der Waals surface area contributed by atoms with Crippen LogP contribution in [-0.4, -0.2) is 37.9 Å². The first-order valence-corrected chi connectivity index (χ1v) is 12.0. The summed E-state index contributed by atoms with van der Waals surface area (Å²) in [6, 6.07) is 6.25. The highest BCUT2D eigenvalue weighted by molar-refractivity contribution is 8.00. The predicted molar refractivity (Wildman–Crippen MR) is 124 cm³/mol. The fraction of sp³-hybridized carbons (Fsp3) is 0.565. The average Bonchev–Trinajstić information content (AvgIpc) is 3.08. The summed E-state index contributed by atoms with van der Waals surface area (Å²) in [5.74, 6) is 0.509. The molecule has 1 aromatic heterocycles. The van der Waals surface area contributed by atoms with E-state index in [1.54, 1.807) is 0 Å². The summed E-state index contributed by atoms with van der Waals surface area (Å²) in [4.78, 5) is 25.2. The first kappa shape index (κ1) is 23.3. The van der Waals surface area contributed by atoms with Crippen LogP contribution in [0.3, 0.4) is 0 Å². The number of aromatic nitrogens is 3. The lowest BCUT2D eigenvalue weighted by atomic mass is 9.95. The Morgan fingerprint density at radius 3 is 2.45 bits per heavy atom. The second kappa shape index (κ2) is 10.8. The van der Waals surface area contributed by atoms with E-state index in [-0.39, 0.29) is 29.5 Å². The number of nitrogens with zero attached hydrogens (tertiary/aromatic N) is 3. The van der Waals surface area contributed by atoms with Gasteiger partial charge in [-0.25, -0.2) is 0 Å². The van der Waals surface area contributed by atoms with Gasteiger partial charge < -0.3 is 15.2 Å². The Hall–Kier alpha value is -2.35. The summed E-state index contributed by atoms with van der Waals surface area (Å²) in [6.45, 7) is 8.53. The highest BCUT2D eigenvalue weighted by atomic mass is 32.2. The first-order chi connectivity index (χ1) is 14.9. The van der Waals surface area contributed by atoms with Crippen molar-refractivity contribution in [3.05, 3.63) is 35.2 Å². The fourth-order valence-corrected chi connectivity index (χ4v) is 4.97. The number of hydrogen-bond acceptors (Lipinski definition) is 5. The molecule has 2 aromatic rings. The van der Waals surface area contributed by atoms with Crippen molar-refractivity contribution in [3.8, 4) is 0 Å². The van der Waals surface area contributed by atoms with E-state index >= 15 is 0 Å². The predicted octanol–water partition coefficient (Wildman–Crippen LogP) is 4.03. The van der Waals surface area contributed by atoms with Gasteiger partial charge in [0.2, 0.25) is 11.8 Å². The number of carbonyl (C=O) groups excluding carboxylic acids is 2. The molecule has 2 amide bonds. The van der Waals surface area contributed by atoms with Crippen LogP contribution in [0.15, 0.2) is 23.4 Å². The van der Waals surface area contributed by atoms with Crippen LogP contribution < -0.4 is 10.6 Å². The van der Waals surface area contributed by atoms with Gasteiger partial charge in [0.25, 0.3) is 0 Å². The monoisotopic (exact) mass is 443 g/mol. The third-order valence-corrected chi connectivity index (χ3v) is 6.62. The van der Waals surface area contributed by atoms with Gasteiger partial charge in [-0.3, -0.25) is 9.59 Å². The van der Waals surface area contributed by atoms with Gasteiger partial charge in [-0.15, -0.1) is 10.2 Å². The summed E-state index contributed by atoms with van der Waals surface area (Å²) >= 11 is 1.39. The minimum atomic E-state index is -0.270. The van der Waals surface area contributed by atoms with Crippen LogP contribution in [0.1, 0.15) is 62.9 Å². The normalized spacial score (nSPS) is 15.5. The Kier molecular flexibility index (Phi) is 8.12. The van der Waals surface area contributed by atoms with E-state index in [9.17, 15) is 9.59 Å². The minimum absolute atomic E-state index is 0.0386. The number of amides is 2. The van der Waals surface area contributed by atoms with Crippen molar-refractivity contribution in [1.82, 2.24) is 20.1 Å². The molecule has 1 aliphatic carbocycles. The number of benzene rings is 1. The van der Waals surface area contributed by atoms with E-state index in [0.717, 1.165) is 29.7 Å². The molecule has 1 fully saturated rings. The SMILES string of the molecule is CCn1c(CC(=O)Nc2cc(C)cc(C)c2)nnc1S[C@H](C)C(=O)NC1CCCCC1. The van der Waals surface area contributed by atoms with Gasteiger partial charge in [0.15, 0.2) is 5.16 Å². The Labute approximate surface area is 188 Å². The number of hydrogen-bond donors (Lipinski definition) is 2. The van der Waals surface area contributed by atoms with Gasteiger partial charge in [-0.1, -0.05) is 37.1 Å². The molecule has 0 saturated heterocycles. The molecule has 1 aliphatic rings. The molecule has 0 aliphatic heterocycles. The molecule has 0 radical (unpaired) electrons. The van der Waals surface area contributed by atoms with Crippen LogP contribution in [0, 0.1) is 13.8 Å². The third-order valence-electron chi connectivity index (χ3n) is 5.54. The summed E-state index contributed by atoms with van der Waals surface area (Å²) in [5, 5.41) is 15.0. The first-order valence-electron chi connectivity index (χ1n) is 11.1. The van der Waals surface area contributed by atoms with Crippen molar-refractivity contribution in [2.45, 2.75) is 89.2 Å². The Balaban J connectivity index is 1.60. The summed E-state index contributed by atoms with van der Waals surface area (Å²) in [6.07, 6.45) is 5.89. The quantitative estimate of drug-likeness (QED) is 0.602. The maximum atomic E-state index is 12.6. The van der Waals surface area contributed by atoms with Crippen molar-refractivity contribution < 1.29 is 9.59 Å². The van der Waals surface area contributed by atoms with Crippen LogP contribution in [0.5, 0.6) is 0 Å². The van der Waals surface area contributed by atoms with Crippen molar-refractivity contribution in [2.75, 3.05) is 5.32 Å². The Morgan fingerprint density at radius 2 is 1.81 bits per heavy atom. The molecule has 3 rings (SSSR count). The number of aryl methyl sites for hydroxylation is 2. The molecule has 0 unspecified atom stereocenters. The lowest BCUT2D eigenvalue weighted by Gasteiger charge is -2.24. The van der Waals surface area contributed by atoms with E-state index < -0.39 is 0 Å². The van der Waals surface area contributed by atoms with Crippen LogP contribution in [0.25, 0.3) is 0 Å². The molecule has 2 N–H and O–H groups in total. The van der Waals surface area contributed by atoms with E-state index in [4.69, 9.17) is 0 Å². The molecule has 8 heteroatoms. The lowest BCUT2D eigenvalue weighted by molar-refractivity contribution is -0.121. The lowest BCUT2D eigenvalue weighted by Crippen LogP contribution is -2.40. The fourth-order valence-electron chi connectivity index (χ4n) is 4.03. The second-order valence-electron chi connectivity index (χ2n) is 8.35. The number of carbonyl (C=O) groups is 2. The molecule has 1 saturated carbocycles. The zero-order valence-electron chi connectivity index (χ0n) is 18.9. The van der Waals surface area contributed by atoms with Gasteiger partial charge >= 0.3 is 0 Å². The molecule has 1 heterocycles. The number of anilines is 1. The van der Waals surface area contributed by atoms with Crippen LogP contribution in [0.2, 0.25) is 0 Å². The van der Waals surface area contributed by atoms with Gasteiger partial charge in [0.1, 0.15) is 5.82 Å². The smallest absolute Gasteiger partial charge is 0.233 e. The molecular weight excluding hydrogens is 410 g/mol. The minimum Gasteiger partial charge on any atom is -0.352 e. The summed E-state index contributed by atoms with van der Waals surface area (Å²) in [5.41, 5.74) is 2.99. The molecule has 7 nitrogen and oxygen atoms in total. The number of thioether (sulfide) groups is 1. The van der Waals surface area contributed by atoms with E-state index in [1.807, 2.05) is 44.4 Å². The van der Waals surface area contributed by atoms with Crippen molar-refractivity contribution in [1.29, 1.82) is 0 Å². The highest BCUT2D eigenvalue weighted by Gasteiger charge is 2.23. The van der Waals surface area contributed by atoms with Gasteiger partial charge in [0, 0.05) is 18.3 Å². The maximum absolute atomic E-state index is 12.6. The topological polar surface area (TPSA) is 88.9 Å². The van der Waals surface area contributed by atoms with Gasteiger partial charge in [-0.2, -0.15) is 0 Å². The van der Waals surface area contributed by atoms with E-state index in [1.165, 1.54) is 31.0 Å². The average molecular weight is 444 g/mol. The molecular formula is C23H33N5O2S. The van der Waals surface area contributed by atoms with E-state index in [2.05, 4.69) is 26.9 Å². The molecule has 1 atom stereocenters. The molecule has 1 aromatic carbocycles. The van der Waals surface area contributed by atoms with Crippen molar-refractivity contribution in [3.63, 3.8) is 0 Å². The standard InChI is InChI=1S/C23H33N5O2S/c1-5-28-20(14-21(29)24-19-12-15(2)11-16(3)13-19)26-27-23(28)31-17(4)22(30)25-18-9-7-6-8-10-18/h11-13,17-18H,5-10,14H2,1-4H3,(H,24,29)(H,25,30)/t17-/m1/s1. The number of nitrogens with one attached hydrogen (secondary N) is 2. The largest absolute Gasteiger partial charge is 0.352 e. The van der Waals surface area contributed by atoms with Gasteiger partial charge in [0.05, 0.1) is 11.7 Å². The molecule has 0 spiro atoms. The second-order valence-corrected chi connectivity index (χ2v) is 9.66. The highest BCUT2D eigenvalue weighted by Crippen LogP contribution is 2.24. The molecule has 0 bridgehead atoms. The summed E-state index contributed by atoms with van der Waals surface area (Å²) in [7, 11) is 0. The zero-order valence-corrected chi connectivity index (χ0v) is 19.7. The Morgan fingerprint density at radius 1 is 1.13 bits per heavy atom. The number of rotatable bonds is 8. The van der Waals surface area contributed by atoms with Crippen LogP contribution >= 0.6 is 11.8 Å². The van der Waals surface area contributed by atoms with Crippen LogP contribution in [0.4, 0.5) is 5.69 Å². The van der Waals surface area contributed by atoms with Gasteiger partial charge in [-0.05, 0) is 63.8 Å². The third kappa shape index (κ3) is 6.56.